The second-order valence-electron chi connectivity index (χ2n) is 21.7. The van der Waals surface area contributed by atoms with Crippen LogP contribution < -0.4 is 0 Å². The van der Waals surface area contributed by atoms with E-state index in [1.54, 1.807) is 0 Å². The van der Waals surface area contributed by atoms with Gasteiger partial charge in [-0.15, -0.1) is 0 Å². The van der Waals surface area contributed by atoms with Crippen molar-refractivity contribution in [3.05, 3.63) is 24.3 Å². The largest absolute Gasteiger partial charge is 0.477 e. The number of esters is 2. The van der Waals surface area contributed by atoms with Gasteiger partial charge in [-0.3, -0.25) is 9.59 Å². The van der Waals surface area contributed by atoms with Gasteiger partial charge in [-0.05, 0) is 38.5 Å². The van der Waals surface area contributed by atoms with E-state index in [0.29, 0.717) is 23.9 Å². The lowest BCUT2D eigenvalue weighted by Crippen LogP contribution is -2.40. The first-order chi connectivity index (χ1) is 34.1. The Balaban J connectivity index is 4.04. The fourth-order valence-corrected chi connectivity index (χ4v) is 8.80. The molecule has 2 atom stereocenters. The van der Waals surface area contributed by atoms with Crippen molar-refractivity contribution in [2.75, 3.05) is 47.5 Å². The van der Waals surface area contributed by atoms with E-state index in [-0.39, 0.29) is 32.2 Å². The summed E-state index contributed by atoms with van der Waals surface area (Å²) in [6, 6.07) is 0. The zero-order valence-corrected chi connectivity index (χ0v) is 47.0. The number of unbranched alkanes of at least 4 members (excludes halogenated alkanes) is 37. The summed E-state index contributed by atoms with van der Waals surface area (Å²) in [5.41, 5.74) is 0. The van der Waals surface area contributed by atoms with Gasteiger partial charge in [0, 0.05) is 12.8 Å². The summed E-state index contributed by atoms with van der Waals surface area (Å²) in [5.74, 6) is -2.01. The lowest BCUT2D eigenvalue weighted by atomic mass is 10.0. The average Bonchev–Trinajstić information content (AvgIpc) is 3.33. The summed E-state index contributed by atoms with van der Waals surface area (Å²) in [5, 5.41) is 9.68. The van der Waals surface area contributed by atoms with E-state index in [9.17, 15) is 19.5 Å². The molecule has 0 amide bonds. The Bertz CT molecular complexity index is 1200. The zero-order chi connectivity index (χ0) is 51.3. The molecular weight excluding hydrogens is 875 g/mol. The van der Waals surface area contributed by atoms with Crippen molar-refractivity contribution in [1.29, 1.82) is 0 Å². The molecule has 9 nitrogen and oxygen atoms in total. The fraction of sp³-hybridized carbons (Fsp3) is 0.885. The normalized spacial score (nSPS) is 12.9. The number of carboxylic acids is 1. The van der Waals surface area contributed by atoms with E-state index in [0.717, 1.165) is 64.2 Å². The highest BCUT2D eigenvalue weighted by atomic mass is 16.7. The van der Waals surface area contributed by atoms with E-state index in [1.807, 2.05) is 21.1 Å². The number of quaternary nitrogens is 1. The lowest BCUT2D eigenvalue weighted by molar-refractivity contribution is -0.870. The average molecular weight is 992 g/mol. The summed E-state index contributed by atoms with van der Waals surface area (Å²) in [6.45, 7) is 4.86. The van der Waals surface area contributed by atoms with Gasteiger partial charge in [-0.1, -0.05) is 263 Å². The van der Waals surface area contributed by atoms with Crippen LogP contribution in [0, 0.1) is 0 Å². The molecule has 0 aliphatic rings. The van der Waals surface area contributed by atoms with E-state index in [4.69, 9.17) is 18.9 Å². The molecule has 70 heavy (non-hydrogen) atoms. The molecular formula is C61H116NO8+. The van der Waals surface area contributed by atoms with Crippen LogP contribution >= 0.6 is 0 Å². The quantitative estimate of drug-likeness (QED) is 0.0211. The Morgan fingerprint density at radius 3 is 1.17 bits per heavy atom. The summed E-state index contributed by atoms with van der Waals surface area (Å²) in [6.07, 6.45) is 60.0. The second kappa shape index (κ2) is 53.1. The number of carbonyl (C=O) groups is 3. The minimum atomic E-state index is -1.51. The highest BCUT2D eigenvalue weighted by Crippen LogP contribution is 2.18. The number of carbonyl (C=O) groups excluding carboxylic acids is 2. The van der Waals surface area contributed by atoms with Crippen LogP contribution in [0.4, 0.5) is 0 Å². The van der Waals surface area contributed by atoms with E-state index in [1.165, 1.54) is 193 Å². The van der Waals surface area contributed by atoms with Crippen molar-refractivity contribution in [2.45, 2.75) is 302 Å². The molecule has 0 aromatic heterocycles. The van der Waals surface area contributed by atoms with Crippen LogP contribution in [0.1, 0.15) is 290 Å². The summed E-state index contributed by atoms with van der Waals surface area (Å²) in [4.78, 5) is 37.3. The van der Waals surface area contributed by atoms with Crippen LogP contribution in [0.3, 0.4) is 0 Å². The number of hydrogen-bond acceptors (Lipinski definition) is 7. The van der Waals surface area contributed by atoms with Crippen LogP contribution in [0.15, 0.2) is 24.3 Å². The molecule has 0 aromatic rings. The van der Waals surface area contributed by atoms with Crippen molar-refractivity contribution in [3.63, 3.8) is 0 Å². The number of hydrogen-bond donors (Lipinski definition) is 1. The molecule has 1 N–H and O–H groups in total. The predicted molar refractivity (Wildman–Crippen MR) is 295 cm³/mol. The fourth-order valence-electron chi connectivity index (χ4n) is 8.80. The molecule has 0 fully saturated rings. The van der Waals surface area contributed by atoms with Gasteiger partial charge < -0.3 is 28.5 Å². The van der Waals surface area contributed by atoms with Crippen molar-refractivity contribution in [2.24, 2.45) is 0 Å². The van der Waals surface area contributed by atoms with Gasteiger partial charge in [0.1, 0.15) is 13.2 Å². The van der Waals surface area contributed by atoms with Gasteiger partial charge in [0.05, 0.1) is 34.4 Å². The van der Waals surface area contributed by atoms with Crippen molar-refractivity contribution in [3.8, 4) is 0 Å². The number of allylic oxidation sites excluding steroid dienone is 4. The SMILES string of the molecule is CCCC/C=C\C/C=C\CCCCCCCC(=O)OC(COC(=O)CCCCCCCCCCCCCCCCCCCCCCCCCCCCCCCCC)COC(OCC[N+](C)(C)C)C(=O)O. The molecule has 2 unspecified atom stereocenters. The smallest absolute Gasteiger partial charge is 0.361 e. The third kappa shape index (κ3) is 53.6. The molecule has 0 rings (SSSR count). The number of aliphatic carboxylic acids is 1. The number of nitrogens with zero attached hydrogens (tertiary/aromatic N) is 1. The maximum atomic E-state index is 12.8. The maximum Gasteiger partial charge on any atom is 0.361 e. The van der Waals surface area contributed by atoms with Crippen LogP contribution in [0.2, 0.25) is 0 Å². The van der Waals surface area contributed by atoms with Crippen LogP contribution in [-0.2, 0) is 33.3 Å². The second-order valence-corrected chi connectivity index (χ2v) is 21.7. The maximum absolute atomic E-state index is 12.8. The van der Waals surface area contributed by atoms with Gasteiger partial charge >= 0.3 is 17.9 Å². The molecule has 0 aliphatic carbocycles. The summed E-state index contributed by atoms with van der Waals surface area (Å²) in [7, 11) is 5.97. The Labute approximate surface area is 433 Å². The minimum Gasteiger partial charge on any atom is -0.477 e. The van der Waals surface area contributed by atoms with E-state index < -0.39 is 24.3 Å². The summed E-state index contributed by atoms with van der Waals surface area (Å²) >= 11 is 0. The molecule has 0 spiro atoms. The van der Waals surface area contributed by atoms with Crippen molar-refractivity contribution >= 4 is 17.9 Å². The van der Waals surface area contributed by atoms with Crippen LogP contribution in [0.5, 0.6) is 0 Å². The predicted octanol–water partition coefficient (Wildman–Crippen LogP) is 17.5. The standard InChI is InChI=1S/C61H115NO8/c1-6-8-10-12-14-16-18-20-22-23-24-25-26-27-28-29-30-31-32-33-34-35-36-37-38-40-41-43-45-47-49-51-58(63)68-55-57(56-69-61(60(65)66)67-54-53-62(3,4)5)70-59(64)52-50-48-46-44-42-39-21-19-17-15-13-11-9-7-2/h13,15,19,21,57,61H,6-12,14,16-18,20,22-56H2,1-5H3/p+1/b15-13-,21-19-. The number of ether oxygens (including phenoxy) is 4. The molecule has 0 aromatic carbocycles. The Morgan fingerprint density at radius 2 is 0.786 bits per heavy atom. The Hall–Kier alpha value is -2.23. The number of carboxylic acid groups (broad SMARTS) is 1. The van der Waals surface area contributed by atoms with Gasteiger partial charge in [-0.2, -0.15) is 0 Å². The monoisotopic (exact) mass is 991 g/mol. The van der Waals surface area contributed by atoms with Crippen molar-refractivity contribution in [1.82, 2.24) is 0 Å². The van der Waals surface area contributed by atoms with Crippen LogP contribution in [-0.4, -0.2) is 87.4 Å². The third-order valence-corrected chi connectivity index (χ3v) is 13.5. The minimum absolute atomic E-state index is 0.183. The van der Waals surface area contributed by atoms with E-state index in [2.05, 4.69) is 38.2 Å². The van der Waals surface area contributed by atoms with Gasteiger partial charge in [0.25, 0.3) is 6.29 Å². The highest BCUT2D eigenvalue weighted by molar-refractivity contribution is 5.71. The molecule has 0 bridgehead atoms. The third-order valence-electron chi connectivity index (χ3n) is 13.5. The van der Waals surface area contributed by atoms with Gasteiger partial charge in [0.2, 0.25) is 0 Å². The van der Waals surface area contributed by atoms with Gasteiger partial charge in [0.15, 0.2) is 6.10 Å². The number of likely N-dealkylation sites (N-methyl/N-ethyl adjacent to an activating group) is 1. The van der Waals surface area contributed by atoms with Crippen LogP contribution in [0.25, 0.3) is 0 Å². The highest BCUT2D eigenvalue weighted by Gasteiger charge is 2.25. The first-order valence-corrected chi connectivity index (χ1v) is 30.0. The summed E-state index contributed by atoms with van der Waals surface area (Å²) < 4.78 is 22.8. The van der Waals surface area contributed by atoms with E-state index >= 15 is 0 Å². The molecule has 0 aliphatic heterocycles. The van der Waals surface area contributed by atoms with Gasteiger partial charge in [-0.25, -0.2) is 4.79 Å². The molecule has 0 radical (unpaired) electrons. The first kappa shape index (κ1) is 67.8. The van der Waals surface area contributed by atoms with Crippen molar-refractivity contribution < 1.29 is 42.9 Å². The zero-order valence-electron chi connectivity index (χ0n) is 47.0. The topological polar surface area (TPSA) is 108 Å². The lowest BCUT2D eigenvalue weighted by Gasteiger charge is -2.25. The first-order valence-electron chi connectivity index (χ1n) is 30.0. The Morgan fingerprint density at radius 1 is 0.429 bits per heavy atom. The molecule has 412 valence electrons. The number of rotatable bonds is 56. The molecule has 0 heterocycles. The molecule has 0 saturated heterocycles. The molecule has 0 saturated carbocycles. The Kier molecular flexibility index (Phi) is 51.4. The molecule has 9 heteroatoms.